The lowest BCUT2D eigenvalue weighted by molar-refractivity contribution is -0.121. The number of hydrogen-bond donors (Lipinski definition) is 1. The van der Waals surface area contributed by atoms with E-state index in [-0.39, 0.29) is 5.60 Å². The van der Waals surface area contributed by atoms with Crippen LogP contribution in [0.25, 0.3) is 0 Å². The van der Waals surface area contributed by atoms with E-state index in [4.69, 9.17) is 4.74 Å². The second-order valence-corrected chi connectivity index (χ2v) is 5.92. The Bertz CT molecular complexity index is 217. The zero-order chi connectivity index (χ0) is 12.1. The molecule has 0 aromatic carbocycles. The van der Waals surface area contributed by atoms with Gasteiger partial charge in [0.2, 0.25) is 0 Å². The van der Waals surface area contributed by atoms with Gasteiger partial charge in [-0.3, -0.25) is 0 Å². The van der Waals surface area contributed by atoms with Crippen molar-refractivity contribution in [3.63, 3.8) is 0 Å². The minimum atomic E-state index is 0.268. The summed E-state index contributed by atoms with van der Waals surface area (Å²) < 4.78 is 6.18. The molecule has 1 saturated heterocycles. The molecule has 2 fully saturated rings. The molecule has 2 nitrogen and oxygen atoms in total. The van der Waals surface area contributed by atoms with Crippen molar-refractivity contribution in [2.75, 3.05) is 13.2 Å². The fourth-order valence-electron chi connectivity index (χ4n) is 3.86. The maximum Gasteiger partial charge on any atom is 0.0685 e. The fourth-order valence-corrected chi connectivity index (χ4v) is 3.86. The molecule has 1 N–H and O–H groups in total. The SMILES string of the molecule is CCNC(CC)C1CCOC2(CCCCC2)C1. The molecule has 1 heterocycles. The van der Waals surface area contributed by atoms with E-state index in [1.54, 1.807) is 0 Å². The van der Waals surface area contributed by atoms with Crippen molar-refractivity contribution in [2.24, 2.45) is 5.92 Å². The van der Waals surface area contributed by atoms with Crippen molar-refractivity contribution in [1.82, 2.24) is 5.32 Å². The van der Waals surface area contributed by atoms with E-state index in [1.807, 2.05) is 0 Å². The van der Waals surface area contributed by atoms with Crippen LogP contribution in [-0.2, 0) is 4.74 Å². The van der Waals surface area contributed by atoms with Gasteiger partial charge in [-0.15, -0.1) is 0 Å². The Morgan fingerprint density at radius 1 is 1.24 bits per heavy atom. The van der Waals surface area contributed by atoms with Crippen molar-refractivity contribution < 1.29 is 4.74 Å². The minimum absolute atomic E-state index is 0.268. The van der Waals surface area contributed by atoms with E-state index in [2.05, 4.69) is 19.2 Å². The van der Waals surface area contributed by atoms with Crippen LogP contribution in [0.3, 0.4) is 0 Å². The fraction of sp³-hybridized carbons (Fsp3) is 1.00. The monoisotopic (exact) mass is 239 g/mol. The number of nitrogens with one attached hydrogen (secondary N) is 1. The number of rotatable bonds is 4. The Balaban J connectivity index is 1.95. The van der Waals surface area contributed by atoms with E-state index in [9.17, 15) is 0 Å². The van der Waals surface area contributed by atoms with Crippen LogP contribution in [0.15, 0.2) is 0 Å². The van der Waals surface area contributed by atoms with Crippen molar-refractivity contribution >= 4 is 0 Å². The summed E-state index contributed by atoms with van der Waals surface area (Å²) in [7, 11) is 0. The Morgan fingerprint density at radius 3 is 2.65 bits per heavy atom. The summed E-state index contributed by atoms with van der Waals surface area (Å²) in [6.45, 7) is 6.63. The molecule has 0 radical (unpaired) electrons. The molecule has 17 heavy (non-hydrogen) atoms. The Morgan fingerprint density at radius 2 is 2.00 bits per heavy atom. The van der Waals surface area contributed by atoms with Crippen LogP contribution in [0.1, 0.15) is 65.2 Å². The highest BCUT2D eigenvalue weighted by Crippen LogP contribution is 2.41. The van der Waals surface area contributed by atoms with Gasteiger partial charge in [0.25, 0.3) is 0 Å². The maximum atomic E-state index is 6.18. The summed E-state index contributed by atoms with van der Waals surface area (Å²) in [5.41, 5.74) is 0.268. The van der Waals surface area contributed by atoms with Gasteiger partial charge in [0.05, 0.1) is 5.60 Å². The molecule has 1 aliphatic heterocycles. The zero-order valence-electron chi connectivity index (χ0n) is 11.6. The maximum absolute atomic E-state index is 6.18. The molecule has 2 unspecified atom stereocenters. The molecule has 0 bridgehead atoms. The van der Waals surface area contributed by atoms with Gasteiger partial charge in [0.15, 0.2) is 0 Å². The highest BCUT2D eigenvalue weighted by Gasteiger charge is 2.40. The third kappa shape index (κ3) is 3.23. The lowest BCUT2D eigenvalue weighted by Gasteiger charge is -2.45. The van der Waals surface area contributed by atoms with Gasteiger partial charge >= 0.3 is 0 Å². The standard InChI is InChI=1S/C15H29NO/c1-3-14(16-4-2)13-8-11-17-15(12-13)9-6-5-7-10-15/h13-14,16H,3-12H2,1-2H3. The molecule has 1 saturated carbocycles. The van der Waals surface area contributed by atoms with Crippen molar-refractivity contribution in [1.29, 1.82) is 0 Å². The largest absolute Gasteiger partial charge is 0.375 e. The molecular formula is C15H29NO. The van der Waals surface area contributed by atoms with Crippen LogP contribution in [0.2, 0.25) is 0 Å². The van der Waals surface area contributed by atoms with Gasteiger partial charge in [0, 0.05) is 12.6 Å². The highest BCUT2D eigenvalue weighted by molar-refractivity contribution is 4.92. The van der Waals surface area contributed by atoms with Gasteiger partial charge in [-0.05, 0) is 44.6 Å². The van der Waals surface area contributed by atoms with E-state index in [1.165, 1.54) is 51.4 Å². The average molecular weight is 239 g/mol. The topological polar surface area (TPSA) is 21.3 Å². The predicted octanol–water partition coefficient (Wildman–Crippen LogP) is 3.50. The van der Waals surface area contributed by atoms with Crippen LogP contribution >= 0.6 is 0 Å². The summed E-state index contributed by atoms with van der Waals surface area (Å²) in [5, 5.41) is 3.67. The van der Waals surface area contributed by atoms with Gasteiger partial charge in [-0.25, -0.2) is 0 Å². The van der Waals surface area contributed by atoms with E-state index in [0.717, 1.165) is 19.1 Å². The van der Waals surface area contributed by atoms with Crippen molar-refractivity contribution in [3.8, 4) is 0 Å². The summed E-state index contributed by atoms with van der Waals surface area (Å²) in [4.78, 5) is 0. The second kappa shape index (κ2) is 6.19. The molecule has 2 heteroatoms. The molecule has 2 rings (SSSR count). The molecule has 0 aromatic rings. The molecule has 0 amide bonds. The lowest BCUT2D eigenvalue weighted by atomic mass is 9.73. The van der Waals surface area contributed by atoms with E-state index < -0.39 is 0 Å². The third-order valence-corrected chi connectivity index (χ3v) is 4.77. The van der Waals surface area contributed by atoms with Crippen LogP contribution in [0, 0.1) is 5.92 Å². The quantitative estimate of drug-likeness (QED) is 0.810. The second-order valence-electron chi connectivity index (χ2n) is 5.92. The molecule has 2 aliphatic rings. The van der Waals surface area contributed by atoms with Crippen LogP contribution in [-0.4, -0.2) is 24.8 Å². The minimum Gasteiger partial charge on any atom is -0.375 e. The normalized spacial score (nSPS) is 30.4. The average Bonchev–Trinajstić information content (AvgIpc) is 2.37. The molecule has 1 spiro atoms. The molecular weight excluding hydrogens is 210 g/mol. The summed E-state index contributed by atoms with van der Waals surface area (Å²) in [6.07, 6.45) is 10.6. The smallest absolute Gasteiger partial charge is 0.0685 e. The summed E-state index contributed by atoms with van der Waals surface area (Å²) in [6, 6.07) is 0.711. The van der Waals surface area contributed by atoms with Gasteiger partial charge < -0.3 is 10.1 Å². The summed E-state index contributed by atoms with van der Waals surface area (Å²) >= 11 is 0. The van der Waals surface area contributed by atoms with Gasteiger partial charge in [0.1, 0.15) is 0 Å². The van der Waals surface area contributed by atoms with Gasteiger partial charge in [-0.2, -0.15) is 0 Å². The van der Waals surface area contributed by atoms with E-state index >= 15 is 0 Å². The molecule has 2 atom stereocenters. The first-order valence-corrected chi connectivity index (χ1v) is 7.67. The third-order valence-electron chi connectivity index (χ3n) is 4.77. The first-order chi connectivity index (χ1) is 8.29. The zero-order valence-corrected chi connectivity index (χ0v) is 11.6. The molecule has 1 aliphatic carbocycles. The van der Waals surface area contributed by atoms with Crippen molar-refractivity contribution in [3.05, 3.63) is 0 Å². The first-order valence-electron chi connectivity index (χ1n) is 7.67. The number of ether oxygens (including phenoxy) is 1. The Labute approximate surface area is 107 Å². The summed E-state index contributed by atoms with van der Waals surface area (Å²) in [5.74, 6) is 0.840. The van der Waals surface area contributed by atoms with Crippen LogP contribution < -0.4 is 5.32 Å². The Kier molecular flexibility index (Phi) is 4.87. The van der Waals surface area contributed by atoms with Crippen molar-refractivity contribution in [2.45, 2.75) is 76.9 Å². The van der Waals surface area contributed by atoms with E-state index in [0.29, 0.717) is 6.04 Å². The predicted molar refractivity (Wildman–Crippen MR) is 72.2 cm³/mol. The van der Waals surface area contributed by atoms with Gasteiger partial charge in [-0.1, -0.05) is 33.1 Å². The highest BCUT2D eigenvalue weighted by atomic mass is 16.5. The number of hydrogen-bond acceptors (Lipinski definition) is 2. The molecule has 0 aromatic heterocycles. The van der Waals surface area contributed by atoms with Crippen LogP contribution in [0.4, 0.5) is 0 Å². The lowest BCUT2D eigenvalue weighted by Crippen LogP contribution is -2.47. The Hall–Kier alpha value is -0.0800. The molecule has 100 valence electrons. The first kappa shape index (κ1) is 13.4. The van der Waals surface area contributed by atoms with Crippen LogP contribution in [0.5, 0.6) is 0 Å².